The fourth-order valence-electron chi connectivity index (χ4n) is 3.47. The van der Waals surface area contributed by atoms with E-state index in [-0.39, 0.29) is 0 Å². The number of hydrogen-bond acceptors (Lipinski definition) is 0. The molecule has 0 amide bonds. The molecule has 0 atom stereocenters. The van der Waals surface area contributed by atoms with Crippen LogP contribution in [-0.2, 0) is 12.8 Å². The van der Waals surface area contributed by atoms with E-state index in [4.69, 9.17) is 0 Å². The first-order valence-corrected chi connectivity index (χ1v) is 8.53. The van der Waals surface area contributed by atoms with E-state index in [1.807, 2.05) is 0 Å². The summed E-state index contributed by atoms with van der Waals surface area (Å²) in [6.07, 6.45) is 10.7. The minimum absolute atomic E-state index is 1.00. The van der Waals surface area contributed by atoms with E-state index in [1.54, 1.807) is 0 Å². The molecule has 0 N–H and O–H groups in total. The second-order valence-corrected chi connectivity index (χ2v) is 6.76. The molecule has 3 aromatic rings. The Balaban J connectivity index is 1.30. The van der Waals surface area contributed by atoms with Crippen molar-refractivity contribution in [3.63, 3.8) is 0 Å². The van der Waals surface area contributed by atoms with Crippen molar-refractivity contribution in [3.05, 3.63) is 105 Å². The van der Waals surface area contributed by atoms with Crippen LogP contribution >= 0.6 is 0 Å². The zero-order valence-corrected chi connectivity index (χ0v) is 13.5. The topological polar surface area (TPSA) is 0 Å². The van der Waals surface area contributed by atoms with Gasteiger partial charge in [-0.2, -0.15) is 0 Å². The summed E-state index contributed by atoms with van der Waals surface area (Å²) in [6.45, 7) is 0. The van der Waals surface area contributed by atoms with Gasteiger partial charge >= 0.3 is 0 Å². The molecule has 0 aromatic heterocycles. The molecule has 0 nitrogen and oxygen atoms in total. The molecule has 0 saturated carbocycles. The largest absolute Gasteiger partial charge is 0.0584 e. The van der Waals surface area contributed by atoms with Gasteiger partial charge in [-0.1, -0.05) is 85.0 Å². The van der Waals surface area contributed by atoms with Crippen LogP contribution in [0, 0.1) is 0 Å². The van der Waals surface area contributed by atoms with Gasteiger partial charge in [0.2, 0.25) is 0 Å². The summed E-state index contributed by atoms with van der Waals surface area (Å²) in [4.78, 5) is 0. The fraction of sp³-hybridized carbons (Fsp3) is 0.0833. The van der Waals surface area contributed by atoms with Crippen LogP contribution in [0.15, 0.2) is 60.7 Å². The van der Waals surface area contributed by atoms with Gasteiger partial charge in [-0.15, -0.1) is 0 Å². The molecular weight excluding hydrogens is 288 g/mol. The fourth-order valence-corrected chi connectivity index (χ4v) is 3.47. The lowest BCUT2D eigenvalue weighted by Gasteiger charge is -2.13. The van der Waals surface area contributed by atoms with Crippen LogP contribution in [0.5, 0.6) is 0 Å². The second-order valence-electron chi connectivity index (χ2n) is 6.76. The van der Waals surface area contributed by atoms with E-state index in [9.17, 15) is 0 Å². The first kappa shape index (κ1) is 13.6. The molecule has 2 aliphatic rings. The lowest BCUT2D eigenvalue weighted by molar-refractivity contribution is 1.15. The lowest BCUT2D eigenvalue weighted by Crippen LogP contribution is -1.96. The maximum absolute atomic E-state index is 2.30. The molecule has 0 heterocycles. The van der Waals surface area contributed by atoms with Crippen LogP contribution in [0.4, 0.5) is 0 Å². The Labute approximate surface area is 142 Å². The summed E-state index contributed by atoms with van der Waals surface area (Å²) in [6, 6.07) is 22.6. The highest BCUT2D eigenvalue weighted by molar-refractivity contribution is 5.86. The molecule has 2 aliphatic carbocycles. The molecule has 0 unspecified atom stereocenters. The van der Waals surface area contributed by atoms with Crippen molar-refractivity contribution >= 4 is 24.3 Å². The third kappa shape index (κ3) is 2.41. The molecule has 24 heavy (non-hydrogen) atoms. The molecule has 0 spiro atoms. The Bertz CT molecular complexity index is 903. The Morgan fingerprint density at radius 3 is 1.08 bits per heavy atom. The van der Waals surface area contributed by atoms with Crippen LogP contribution in [0.25, 0.3) is 24.3 Å². The maximum Gasteiger partial charge on any atom is -0.00255 e. The van der Waals surface area contributed by atoms with Gasteiger partial charge in [0.05, 0.1) is 0 Å². The summed E-state index contributed by atoms with van der Waals surface area (Å²) in [5.74, 6) is 0. The van der Waals surface area contributed by atoms with Crippen molar-refractivity contribution in [1.82, 2.24) is 0 Å². The zero-order valence-electron chi connectivity index (χ0n) is 13.5. The molecule has 0 saturated heterocycles. The summed E-state index contributed by atoms with van der Waals surface area (Å²) in [5, 5.41) is 0. The molecule has 3 aromatic carbocycles. The van der Waals surface area contributed by atoms with Crippen LogP contribution in [-0.4, -0.2) is 0 Å². The van der Waals surface area contributed by atoms with Gasteiger partial charge < -0.3 is 0 Å². The third-order valence-electron chi connectivity index (χ3n) is 5.03. The third-order valence-corrected chi connectivity index (χ3v) is 5.03. The molecule has 0 aliphatic heterocycles. The summed E-state index contributed by atoms with van der Waals surface area (Å²) < 4.78 is 0. The standard InChI is InChI=1S/C24H18/c1-2-18(14-20-6-8-22-10-12-24(22)16-20)4-3-17(1)13-19-5-7-21-9-11-23(21)15-19/h1-12,15-16H,13-14H2. The van der Waals surface area contributed by atoms with Crippen LogP contribution in [0.2, 0.25) is 0 Å². The van der Waals surface area contributed by atoms with E-state index >= 15 is 0 Å². The highest BCUT2D eigenvalue weighted by Gasteiger charge is 2.08. The van der Waals surface area contributed by atoms with Crippen molar-refractivity contribution in [2.45, 2.75) is 12.8 Å². The van der Waals surface area contributed by atoms with Gasteiger partial charge in [0, 0.05) is 0 Å². The second kappa shape index (κ2) is 5.35. The Morgan fingerprint density at radius 1 is 0.375 bits per heavy atom. The average molecular weight is 306 g/mol. The summed E-state index contributed by atoms with van der Waals surface area (Å²) in [7, 11) is 0. The minimum atomic E-state index is 1.00. The molecule has 0 heteroatoms. The Kier molecular flexibility index (Phi) is 3.02. The van der Waals surface area contributed by atoms with Gasteiger partial charge in [0.1, 0.15) is 0 Å². The highest BCUT2D eigenvalue weighted by Crippen LogP contribution is 2.26. The predicted molar refractivity (Wildman–Crippen MR) is 103 cm³/mol. The average Bonchev–Trinajstić information content (AvgIpc) is 2.55. The minimum Gasteiger partial charge on any atom is -0.0584 e. The van der Waals surface area contributed by atoms with Crippen LogP contribution in [0.1, 0.15) is 44.5 Å². The zero-order chi connectivity index (χ0) is 15.9. The van der Waals surface area contributed by atoms with E-state index < -0.39 is 0 Å². The van der Waals surface area contributed by atoms with E-state index in [0.29, 0.717) is 0 Å². The monoisotopic (exact) mass is 306 g/mol. The lowest BCUT2D eigenvalue weighted by atomic mass is 9.92. The van der Waals surface area contributed by atoms with Crippen molar-refractivity contribution in [1.29, 1.82) is 0 Å². The summed E-state index contributed by atoms with van der Waals surface area (Å²) >= 11 is 0. The molecular formula is C24H18. The molecule has 114 valence electrons. The van der Waals surface area contributed by atoms with Gasteiger partial charge in [0.25, 0.3) is 0 Å². The van der Waals surface area contributed by atoms with Gasteiger partial charge in [-0.25, -0.2) is 0 Å². The smallest absolute Gasteiger partial charge is 0.00255 e. The molecule has 0 radical (unpaired) electrons. The molecule has 0 fully saturated rings. The maximum atomic E-state index is 2.30. The van der Waals surface area contributed by atoms with Crippen molar-refractivity contribution in [3.8, 4) is 0 Å². The highest BCUT2D eigenvalue weighted by atomic mass is 14.1. The Hall–Kier alpha value is -2.86. The summed E-state index contributed by atoms with van der Waals surface area (Å²) in [5.41, 5.74) is 11.0. The normalized spacial score (nSPS) is 13.0. The van der Waals surface area contributed by atoms with E-state index in [0.717, 1.165) is 12.8 Å². The first-order chi connectivity index (χ1) is 11.8. The van der Waals surface area contributed by atoms with E-state index in [1.165, 1.54) is 44.5 Å². The van der Waals surface area contributed by atoms with E-state index in [2.05, 4.69) is 85.0 Å². The van der Waals surface area contributed by atoms with Crippen LogP contribution < -0.4 is 0 Å². The quantitative estimate of drug-likeness (QED) is 0.391. The molecule has 5 rings (SSSR count). The SMILES string of the molecule is C1=Cc2cc(Cc3ccc(Cc4ccc5c(c4)C=C5)cc3)ccc21. The van der Waals surface area contributed by atoms with Gasteiger partial charge in [0.15, 0.2) is 0 Å². The van der Waals surface area contributed by atoms with Crippen molar-refractivity contribution < 1.29 is 0 Å². The van der Waals surface area contributed by atoms with Crippen molar-refractivity contribution in [2.24, 2.45) is 0 Å². The van der Waals surface area contributed by atoms with Crippen LogP contribution in [0.3, 0.4) is 0 Å². The number of fused-ring (bicyclic) bond motifs is 2. The predicted octanol–water partition coefficient (Wildman–Crippen LogP) is 5.84. The number of hydrogen-bond donors (Lipinski definition) is 0. The number of benzene rings is 3. The van der Waals surface area contributed by atoms with Gasteiger partial charge in [-0.3, -0.25) is 0 Å². The number of rotatable bonds is 4. The first-order valence-electron chi connectivity index (χ1n) is 8.53. The van der Waals surface area contributed by atoms with Gasteiger partial charge in [-0.05, 0) is 57.3 Å². The van der Waals surface area contributed by atoms with Crippen molar-refractivity contribution in [2.75, 3.05) is 0 Å². The Morgan fingerprint density at radius 2 is 0.750 bits per heavy atom. The molecule has 0 bridgehead atoms.